The molecule has 8 nitrogen and oxygen atoms in total. The standard InChI is InChI=1S/C20H16N2O6S/c1-14(23)15-3-2-4-16(13-15)21-29(26,27)20-11-9-19(10-12-20)28-18-7-5-17(6-8-18)22(24)25/h2-13,21H,1H3. The fourth-order valence-electron chi connectivity index (χ4n) is 2.47. The summed E-state index contributed by atoms with van der Waals surface area (Å²) in [6, 6.07) is 17.4. The first kappa shape index (κ1) is 20.0. The number of hydrogen-bond acceptors (Lipinski definition) is 6. The number of nitro benzene ring substituents is 1. The zero-order valence-electron chi connectivity index (χ0n) is 15.2. The van der Waals surface area contributed by atoms with Crippen LogP contribution in [0.1, 0.15) is 17.3 Å². The molecule has 0 bridgehead atoms. The summed E-state index contributed by atoms with van der Waals surface area (Å²) in [6.07, 6.45) is 0. The zero-order chi connectivity index (χ0) is 21.0. The van der Waals surface area contributed by atoms with Crippen molar-refractivity contribution >= 4 is 27.2 Å². The Hall–Kier alpha value is -3.72. The molecule has 3 aromatic rings. The van der Waals surface area contributed by atoms with E-state index in [1.54, 1.807) is 18.2 Å². The minimum Gasteiger partial charge on any atom is -0.457 e. The number of benzene rings is 3. The molecule has 29 heavy (non-hydrogen) atoms. The van der Waals surface area contributed by atoms with E-state index in [1.807, 2.05) is 0 Å². The highest BCUT2D eigenvalue weighted by Gasteiger charge is 2.15. The number of Topliss-reactive ketones (excluding diaryl/α,β-unsaturated/α-hetero) is 1. The Bertz CT molecular complexity index is 1160. The third kappa shape index (κ3) is 4.96. The molecule has 0 aliphatic heterocycles. The summed E-state index contributed by atoms with van der Waals surface area (Å²) >= 11 is 0. The molecule has 0 heterocycles. The van der Waals surface area contributed by atoms with Crippen molar-refractivity contribution in [2.75, 3.05) is 4.72 Å². The van der Waals surface area contributed by atoms with Crippen LogP contribution in [0.3, 0.4) is 0 Å². The van der Waals surface area contributed by atoms with Crippen molar-refractivity contribution in [2.45, 2.75) is 11.8 Å². The van der Waals surface area contributed by atoms with E-state index in [9.17, 15) is 23.3 Å². The molecule has 0 saturated heterocycles. The van der Waals surface area contributed by atoms with Crippen molar-refractivity contribution in [3.63, 3.8) is 0 Å². The lowest BCUT2D eigenvalue weighted by molar-refractivity contribution is -0.384. The smallest absolute Gasteiger partial charge is 0.269 e. The Morgan fingerprint density at radius 3 is 2.10 bits per heavy atom. The van der Waals surface area contributed by atoms with E-state index >= 15 is 0 Å². The first-order valence-corrected chi connectivity index (χ1v) is 9.89. The van der Waals surface area contributed by atoms with Crippen molar-refractivity contribution in [3.05, 3.63) is 88.5 Å². The molecule has 3 aromatic carbocycles. The fraction of sp³-hybridized carbons (Fsp3) is 0.0500. The summed E-state index contributed by atoms with van der Waals surface area (Å²) in [5.41, 5.74) is 0.625. The molecule has 0 saturated carbocycles. The third-order valence-corrected chi connectivity index (χ3v) is 5.34. The molecule has 9 heteroatoms. The van der Waals surface area contributed by atoms with Gasteiger partial charge in [0.05, 0.1) is 9.82 Å². The van der Waals surface area contributed by atoms with Gasteiger partial charge in [-0.1, -0.05) is 12.1 Å². The van der Waals surface area contributed by atoms with Crippen LogP contribution in [0.5, 0.6) is 11.5 Å². The molecule has 0 aliphatic carbocycles. The van der Waals surface area contributed by atoms with Crippen molar-refractivity contribution < 1.29 is 22.9 Å². The molecule has 0 amide bonds. The second-order valence-corrected chi connectivity index (χ2v) is 7.75. The molecule has 0 atom stereocenters. The number of hydrogen-bond donors (Lipinski definition) is 1. The second-order valence-electron chi connectivity index (χ2n) is 6.07. The quantitative estimate of drug-likeness (QED) is 0.349. The van der Waals surface area contributed by atoms with E-state index in [2.05, 4.69) is 4.72 Å². The average molecular weight is 412 g/mol. The predicted molar refractivity (Wildman–Crippen MR) is 107 cm³/mol. The number of anilines is 1. The summed E-state index contributed by atoms with van der Waals surface area (Å²) in [5, 5.41) is 10.7. The number of non-ortho nitro benzene ring substituents is 1. The van der Waals surface area contributed by atoms with Gasteiger partial charge in [0.25, 0.3) is 15.7 Å². The first-order chi connectivity index (χ1) is 13.7. The number of ketones is 1. The molecule has 0 aromatic heterocycles. The van der Waals surface area contributed by atoms with E-state index in [4.69, 9.17) is 4.74 Å². The van der Waals surface area contributed by atoms with Gasteiger partial charge in [0.15, 0.2) is 5.78 Å². The van der Waals surface area contributed by atoms with Gasteiger partial charge in [-0.25, -0.2) is 8.42 Å². The van der Waals surface area contributed by atoms with Crippen LogP contribution in [0.4, 0.5) is 11.4 Å². The molecular weight excluding hydrogens is 396 g/mol. The van der Waals surface area contributed by atoms with Crippen LogP contribution >= 0.6 is 0 Å². The summed E-state index contributed by atoms with van der Waals surface area (Å²) in [7, 11) is -3.85. The van der Waals surface area contributed by atoms with Crippen molar-refractivity contribution in [1.29, 1.82) is 0 Å². The lowest BCUT2D eigenvalue weighted by atomic mass is 10.1. The van der Waals surface area contributed by atoms with E-state index in [0.717, 1.165) is 0 Å². The summed E-state index contributed by atoms with van der Waals surface area (Å²) < 4.78 is 33.1. The molecule has 1 N–H and O–H groups in total. The topological polar surface area (TPSA) is 116 Å². The number of rotatable bonds is 7. The van der Waals surface area contributed by atoms with E-state index in [-0.39, 0.29) is 22.1 Å². The van der Waals surface area contributed by atoms with Crippen molar-refractivity contribution in [3.8, 4) is 11.5 Å². The van der Waals surface area contributed by atoms with Gasteiger partial charge < -0.3 is 4.74 Å². The van der Waals surface area contributed by atoms with Crippen molar-refractivity contribution in [1.82, 2.24) is 0 Å². The summed E-state index contributed by atoms with van der Waals surface area (Å²) in [5.74, 6) is 0.584. The maximum absolute atomic E-state index is 12.6. The third-order valence-electron chi connectivity index (χ3n) is 3.94. The highest BCUT2D eigenvalue weighted by atomic mass is 32.2. The fourth-order valence-corrected chi connectivity index (χ4v) is 3.52. The van der Waals surface area contributed by atoms with Gasteiger partial charge in [-0.05, 0) is 55.5 Å². The zero-order valence-corrected chi connectivity index (χ0v) is 16.0. The number of ether oxygens (including phenoxy) is 1. The second kappa shape index (κ2) is 8.11. The van der Waals surface area contributed by atoms with Crippen LogP contribution in [-0.4, -0.2) is 19.1 Å². The lowest BCUT2D eigenvalue weighted by Crippen LogP contribution is -2.13. The molecule has 148 valence electrons. The van der Waals surface area contributed by atoms with E-state index in [1.165, 1.54) is 61.5 Å². The van der Waals surface area contributed by atoms with Gasteiger partial charge in [-0.3, -0.25) is 19.6 Å². The Kier molecular flexibility index (Phi) is 5.60. The Morgan fingerprint density at radius 1 is 0.966 bits per heavy atom. The van der Waals surface area contributed by atoms with Gasteiger partial charge in [0, 0.05) is 23.4 Å². The van der Waals surface area contributed by atoms with Crippen LogP contribution in [0, 0.1) is 10.1 Å². The van der Waals surface area contributed by atoms with Crippen LogP contribution in [-0.2, 0) is 10.0 Å². The average Bonchev–Trinajstić information content (AvgIpc) is 2.68. The van der Waals surface area contributed by atoms with Crippen molar-refractivity contribution in [2.24, 2.45) is 0 Å². The Morgan fingerprint density at radius 2 is 1.55 bits per heavy atom. The van der Waals surface area contributed by atoms with Gasteiger partial charge in [-0.15, -0.1) is 0 Å². The minimum absolute atomic E-state index is 0.0155. The number of carbonyl (C=O) groups excluding carboxylic acids is 1. The molecular formula is C20H16N2O6S. The summed E-state index contributed by atoms with van der Waals surface area (Å²) in [4.78, 5) is 21.6. The minimum atomic E-state index is -3.85. The molecule has 0 radical (unpaired) electrons. The largest absolute Gasteiger partial charge is 0.457 e. The molecule has 0 unspecified atom stereocenters. The van der Waals surface area contributed by atoms with Gasteiger partial charge >= 0.3 is 0 Å². The molecule has 0 aliphatic rings. The van der Waals surface area contributed by atoms with E-state index in [0.29, 0.717) is 17.1 Å². The highest BCUT2D eigenvalue weighted by molar-refractivity contribution is 7.92. The van der Waals surface area contributed by atoms with Crippen LogP contribution in [0.25, 0.3) is 0 Å². The number of nitrogens with zero attached hydrogens (tertiary/aromatic N) is 1. The van der Waals surface area contributed by atoms with Crippen LogP contribution < -0.4 is 9.46 Å². The van der Waals surface area contributed by atoms with E-state index < -0.39 is 14.9 Å². The highest BCUT2D eigenvalue weighted by Crippen LogP contribution is 2.25. The maximum Gasteiger partial charge on any atom is 0.269 e. The first-order valence-electron chi connectivity index (χ1n) is 8.41. The molecule has 0 spiro atoms. The Labute approximate surface area is 167 Å². The van der Waals surface area contributed by atoms with Crippen LogP contribution in [0.2, 0.25) is 0 Å². The number of carbonyl (C=O) groups is 1. The normalized spacial score (nSPS) is 10.9. The number of sulfonamides is 1. The molecule has 0 fully saturated rings. The van der Waals surface area contributed by atoms with Gasteiger partial charge in [0.1, 0.15) is 11.5 Å². The Balaban J connectivity index is 1.74. The number of nitrogens with one attached hydrogen (secondary N) is 1. The maximum atomic E-state index is 12.6. The summed E-state index contributed by atoms with van der Waals surface area (Å²) in [6.45, 7) is 1.40. The van der Waals surface area contributed by atoms with Gasteiger partial charge in [0.2, 0.25) is 0 Å². The lowest BCUT2D eigenvalue weighted by Gasteiger charge is -2.10. The predicted octanol–water partition coefficient (Wildman–Crippen LogP) is 4.39. The molecule has 3 rings (SSSR count). The van der Waals surface area contributed by atoms with Gasteiger partial charge in [-0.2, -0.15) is 0 Å². The SMILES string of the molecule is CC(=O)c1cccc(NS(=O)(=O)c2ccc(Oc3ccc([N+](=O)[O-])cc3)cc2)c1. The van der Waals surface area contributed by atoms with Crippen LogP contribution in [0.15, 0.2) is 77.7 Å². The monoisotopic (exact) mass is 412 g/mol. The number of nitro groups is 1.